The van der Waals surface area contributed by atoms with Crippen molar-refractivity contribution in [2.24, 2.45) is 5.10 Å². The molecule has 2 heterocycles. The van der Waals surface area contributed by atoms with E-state index in [4.69, 9.17) is 4.42 Å². The van der Waals surface area contributed by atoms with Gasteiger partial charge in [0.25, 0.3) is 0 Å². The molecule has 1 N–H and O–H groups in total. The molecule has 3 aromatic rings. The lowest BCUT2D eigenvalue weighted by Gasteiger charge is -2.00. The summed E-state index contributed by atoms with van der Waals surface area (Å²) in [6.07, 6.45) is 3.60. The molecule has 0 spiro atoms. The number of hydrazone groups is 1. The number of allylic oxidation sites excluding steroid dienone is 1. The maximum atomic E-state index is 12.2. The second-order valence-electron chi connectivity index (χ2n) is 5.31. The lowest BCUT2D eigenvalue weighted by atomic mass is 10.1. The van der Waals surface area contributed by atoms with Gasteiger partial charge in [-0.15, -0.1) is 17.9 Å². The molecule has 3 rings (SSSR count). The number of aromatic nitrogens is 1. The molecule has 0 atom stereocenters. The molecule has 122 valence electrons. The van der Waals surface area contributed by atoms with E-state index >= 15 is 0 Å². The van der Waals surface area contributed by atoms with Crippen molar-refractivity contribution in [3.05, 3.63) is 58.8 Å². The van der Waals surface area contributed by atoms with Crippen molar-refractivity contribution < 1.29 is 4.42 Å². The van der Waals surface area contributed by atoms with Crippen LogP contribution in [0.25, 0.3) is 22.2 Å². The van der Waals surface area contributed by atoms with Crippen molar-refractivity contribution in [3.8, 4) is 11.3 Å². The van der Waals surface area contributed by atoms with E-state index in [2.05, 4.69) is 22.1 Å². The Hall–Kier alpha value is -2.73. The molecular formula is C18H17N3O2S. The van der Waals surface area contributed by atoms with Gasteiger partial charge in [-0.3, -0.25) is 5.43 Å². The number of nitrogens with zero attached hydrogens (tertiary/aromatic N) is 2. The first-order valence-corrected chi connectivity index (χ1v) is 8.44. The highest BCUT2D eigenvalue weighted by Crippen LogP contribution is 2.25. The smallest absolute Gasteiger partial charge is 0.345 e. The van der Waals surface area contributed by atoms with Crippen LogP contribution in [0.2, 0.25) is 0 Å². The average Bonchev–Trinajstić information content (AvgIpc) is 3.06. The fraction of sp³-hybridized carbons (Fsp3) is 0.167. The maximum absolute atomic E-state index is 12.2. The molecule has 1 aromatic carbocycles. The van der Waals surface area contributed by atoms with E-state index in [0.717, 1.165) is 23.9 Å². The van der Waals surface area contributed by atoms with Crippen molar-refractivity contribution in [1.29, 1.82) is 0 Å². The van der Waals surface area contributed by atoms with Gasteiger partial charge in [0.15, 0.2) is 0 Å². The summed E-state index contributed by atoms with van der Waals surface area (Å²) in [5, 5.41) is 7.60. The van der Waals surface area contributed by atoms with Gasteiger partial charge in [-0.25, -0.2) is 9.78 Å². The minimum Gasteiger partial charge on any atom is -0.422 e. The lowest BCUT2D eigenvalue weighted by molar-refractivity contribution is 0.563. The van der Waals surface area contributed by atoms with E-state index in [9.17, 15) is 4.79 Å². The highest BCUT2D eigenvalue weighted by molar-refractivity contribution is 7.14. The largest absolute Gasteiger partial charge is 0.422 e. The topological polar surface area (TPSA) is 67.5 Å². The van der Waals surface area contributed by atoms with Crippen LogP contribution in [0.1, 0.15) is 19.8 Å². The van der Waals surface area contributed by atoms with Gasteiger partial charge >= 0.3 is 5.63 Å². The predicted octanol–water partition coefficient (Wildman–Crippen LogP) is 4.67. The molecule has 0 saturated heterocycles. The van der Waals surface area contributed by atoms with Crippen LogP contribution in [-0.2, 0) is 0 Å². The van der Waals surface area contributed by atoms with Crippen molar-refractivity contribution in [3.63, 3.8) is 0 Å². The highest BCUT2D eigenvalue weighted by Gasteiger charge is 2.11. The third-order valence-electron chi connectivity index (χ3n) is 3.47. The molecule has 0 aliphatic carbocycles. The van der Waals surface area contributed by atoms with Crippen molar-refractivity contribution in [2.75, 3.05) is 5.43 Å². The molecule has 0 aliphatic rings. The number of benzene rings is 1. The molecule has 0 unspecified atom stereocenters. The number of hydrogen-bond acceptors (Lipinski definition) is 6. The number of anilines is 1. The van der Waals surface area contributed by atoms with E-state index < -0.39 is 5.63 Å². The fourth-order valence-corrected chi connectivity index (χ4v) is 2.85. The molecule has 0 radical (unpaired) electrons. The molecule has 5 nitrogen and oxygen atoms in total. The molecule has 0 saturated carbocycles. The monoisotopic (exact) mass is 339 g/mol. The first kappa shape index (κ1) is 16.1. The van der Waals surface area contributed by atoms with Crippen LogP contribution in [0.15, 0.2) is 62.7 Å². The van der Waals surface area contributed by atoms with E-state index in [1.54, 1.807) is 12.1 Å². The van der Waals surface area contributed by atoms with Crippen molar-refractivity contribution >= 4 is 33.1 Å². The van der Waals surface area contributed by atoms with Gasteiger partial charge in [0.1, 0.15) is 5.58 Å². The van der Waals surface area contributed by atoms with Crippen LogP contribution < -0.4 is 11.1 Å². The Bertz CT molecular complexity index is 956. The van der Waals surface area contributed by atoms with E-state index in [0.29, 0.717) is 22.0 Å². The van der Waals surface area contributed by atoms with Gasteiger partial charge in [0.2, 0.25) is 5.13 Å². The molecule has 0 aliphatic heterocycles. The summed E-state index contributed by atoms with van der Waals surface area (Å²) >= 11 is 1.39. The summed E-state index contributed by atoms with van der Waals surface area (Å²) in [6, 6.07) is 9.22. The zero-order chi connectivity index (χ0) is 16.9. The summed E-state index contributed by atoms with van der Waals surface area (Å²) < 4.78 is 5.35. The zero-order valence-corrected chi connectivity index (χ0v) is 14.1. The SMILES string of the molecule is C=CCC/C(C)=N/Nc1nc(-c2cc3ccccc3oc2=O)cs1. The van der Waals surface area contributed by atoms with Crippen LogP contribution in [-0.4, -0.2) is 10.7 Å². The van der Waals surface area contributed by atoms with Gasteiger partial charge in [0.05, 0.1) is 11.3 Å². The number of fused-ring (bicyclic) bond motifs is 1. The minimum absolute atomic E-state index is 0.392. The van der Waals surface area contributed by atoms with Crippen LogP contribution in [0.3, 0.4) is 0 Å². The summed E-state index contributed by atoms with van der Waals surface area (Å²) in [6.45, 7) is 5.64. The van der Waals surface area contributed by atoms with Crippen molar-refractivity contribution in [2.45, 2.75) is 19.8 Å². The molecule has 0 bridgehead atoms. The molecule has 0 fully saturated rings. The second kappa shape index (κ2) is 7.23. The third kappa shape index (κ3) is 3.60. The Morgan fingerprint density at radius 1 is 1.46 bits per heavy atom. The Morgan fingerprint density at radius 3 is 3.12 bits per heavy atom. The molecular weight excluding hydrogens is 322 g/mol. The molecule has 0 amide bonds. The zero-order valence-electron chi connectivity index (χ0n) is 13.3. The number of para-hydroxylation sites is 1. The van der Waals surface area contributed by atoms with Gasteiger partial charge in [-0.2, -0.15) is 5.10 Å². The Labute approximate surface area is 143 Å². The average molecular weight is 339 g/mol. The fourth-order valence-electron chi connectivity index (χ4n) is 2.20. The first-order chi connectivity index (χ1) is 11.7. The summed E-state index contributed by atoms with van der Waals surface area (Å²) in [4.78, 5) is 16.6. The van der Waals surface area contributed by atoms with E-state index in [1.165, 1.54) is 11.3 Å². The van der Waals surface area contributed by atoms with Gasteiger partial charge in [0, 0.05) is 16.5 Å². The van der Waals surface area contributed by atoms with Gasteiger partial charge in [-0.05, 0) is 31.9 Å². The van der Waals surface area contributed by atoms with Crippen molar-refractivity contribution in [1.82, 2.24) is 4.98 Å². The highest BCUT2D eigenvalue weighted by atomic mass is 32.1. The summed E-state index contributed by atoms with van der Waals surface area (Å²) in [5.41, 5.74) is 5.11. The molecule has 6 heteroatoms. The lowest BCUT2D eigenvalue weighted by Crippen LogP contribution is -2.03. The van der Waals surface area contributed by atoms with Gasteiger partial charge in [-0.1, -0.05) is 24.3 Å². The minimum atomic E-state index is -0.392. The van der Waals surface area contributed by atoms with E-state index in [-0.39, 0.29) is 0 Å². The summed E-state index contributed by atoms with van der Waals surface area (Å²) in [7, 11) is 0. The predicted molar refractivity (Wildman–Crippen MR) is 99.8 cm³/mol. The second-order valence-corrected chi connectivity index (χ2v) is 6.17. The quantitative estimate of drug-likeness (QED) is 0.307. The van der Waals surface area contributed by atoms with E-state index in [1.807, 2.05) is 36.6 Å². The van der Waals surface area contributed by atoms with Crippen LogP contribution >= 0.6 is 11.3 Å². The molecule has 24 heavy (non-hydrogen) atoms. The van der Waals surface area contributed by atoms with Crippen LogP contribution in [0, 0.1) is 0 Å². The normalized spacial score (nSPS) is 11.6. The summed E-state index contributed by atoms with van der Waals surface area (Å²) in [5.74, 6) is 0. The number of thiazole rings is 1. The Morgan fingerprint density at radius 2 is 2.29 bits per heavy atom. The third-order valence-corrected chi connectivity index (χ3v) is 4.22. The van der Waals surface area contributed by atoms with Gasteiger partial charge < -0.3 is 4.42 Å². The Kier molecular flexibility index (Phi) is 4.86. The van der Waals surface area contributed by atoms with Crippen LogP contribution in [0.5, 0.6) is 0 Å². The number of rotatable bonds is 6. The number of hydrogen-bond donors (Lipinski definition) is 1. The standard InChI is InChI=1S/C18H17N3O2S/c1-3-4-7-12(2)20-21-18-19-15(11-24-18)14-10-13-8-5-6-9-16(13)23-17(14)22/h3,5-6,8-11H,1,4,7H2,2H3,(H,19,21)/b20-12+. The first-order valence-electron chi connectivity index (χ1n) is 7.56. The Balaban J connectivity index is 1.84. The number of nitrogens with one attached hydrogen (secondary N) is 1. The van der Waals surface area contributed by atoms with Crippen LogP contribution in [0.4, 0.5) is 5.13 Å². The molecule has 2 aromatic heterocycles. The maximum Gasteiger partial charge on any atom is 0.345 e.